The third-order valence-electron chi connectivity index (χ3n) is 3.04. The molecule has 2 rings (SSSR count). The molecule has 9 heteroatoms. The van der Waals surface area contributed by atoms with E-state index >= 15 is 0 Å². The van der Waals surface area contributed by atoms with Gasteiger partial charge in [0, 0.05) is 11.0 Å². The van der Waals surface area contributed by atoms with Crippen molar-refractivity contribution in [2.75, 3.05) is 11.7 Å². The largest absolute Gasteiger partial charge is 0.416 e. The molecule has 0 amide bonds. The summed E-state index contributed by atoms with van der Waals surface area (Å²) in [5.41, 5.74) is 1.25. The minimum absolute atomic E-state index is 0.120. The van der Waals surface area contributed by atoms with E-state index in [4.69, 9.17) is 0 Å². The van der Waals surface area contributed by atoms with Gasteiger partial charge in [0.15, 0.2) is 0 Å². The van der Waals surface area contributed by atoms with Gasteiger partial charge < -0.3 is 0 Å². The van der Waals surface area contributed by atoms with E-state index in [1.165, 1.54) is 6.21 Å². The highest BCUT2D eigenvalue weighted by Crippen LogP contribution is 2.34. The van der Waals surface area contributed by atoms with Crippen molar-refractivity contribution in [3.8, 4) is 0 Å². The average Bonchev–Trinajstić information content (AvgIpc) is 2.54. The molecule has 2 aromatic carbocycles. The fourth-order valence-corrected chi connectivity index (χ4v) is 2.23. The lowest BCUT2D eigenvalue weighted by Crippen LogP contribution is -2.06. The highest BCUT2D eigenvalue weighted by Gasteiger charge is 2.33. The fourth-order valence-electron chi connectivity index (χ4n) is 1.82. The number of nitro benzene ring substituents is 1. The Kier molecular flexibility index (Phi) is 5.45. The molecule has 0 aromatic heterocycles. The monoisotopic (exact) mass is 355 g/mol. The maximum absolute atomic E-state index is 12.6. The zero-order chi connectivity index (χ0) is 17.7. The zero-order valence-electron chi connectivity index (χ0n) is 12.4. The van der Waals surface area contributed by atoms with Crippen molar-refractivity contribution in [2.24, 2.45) is 5.10 Å². The molecule has 126 valence electrons. The number of rotatable bonds is 5. The van der Waals surface area contributed by atoms with Gasteiger partial charge in [0.2, 0.25) is 0 Å². The van der Waals surface area contributed by atoms with Gasteiger partial charge in [0.05, 0.1) is 16.7 Å². The number of halogens is 3. The minimum Gasteiger partial charge on any atom is -0.272 e. The molecule has 0 atom stereocenters. The summed E-state index contributed by atoms with van der Waals surface area (Å²) in [6.45, 7) is 0. The quantitative estimate of drug-likeness (QED) is 0.363. The van der Waals surface area contributed by atoms with Crippen LogP contribution in [-0.2, 0) is 6.18 Å². The second kappa shape index (κ2) is 7.35. The standard InChI is InChI=1S/C15H12F3N3O2S/c1-24-12-5-2-10(3-6-12)9-19-20-13-7-4-11(15(16,17)18)8-14(13)21(22)23/h2-9,20H,1H3/b19-9+. The first-order valence-electron chi connectivity index (χ1n) is 6.60. The molecule has 0 aliphatic carbocycles. The van der Waals surface area contributed by atoms with Crippen LogP contribution in [0.25, 0.3) is 0 Å². The van der Waals surface area contributed by atoms with E-state index in [-0.39, 0.29) is 5.69 Å². The Balaban J connectivity index is 2.19. The van der Waals surface area contributed by atoms with E-state index in [0.717, 1.165) is 22.6 Å². The summed E-state index contributed by atoms with van der Waals surface area (Å²) in [5, 5.41) is 14.8. The van der Waals surface area contributed by atoms with Gasteiger partial charge in [-0.2, -0.15) is 18.3 Å². The number of alkyl halides is 3. The van der Waals surface area contributed by atoms with Crippen LogP contribution in [0.5, 0.6) is 0 Å². The molecule has 0 saturated carbocycles. The summed E-state index contributed by atoms with van der Waals surface area (Å²) < 4.78 is 37.9. The molecule has 24 heavy (non-hydrogen) atoms. The number of anilines is 1. The predicted molar refractivity (Wildman–Crippen MR) is 87.5 cm³/mol. The number of hydrogen-bond acceptors (Lipinski definition) is 5. The Hall–Kier alpha value is -2.55. The molecule has 2 aromatic rings. The van der Waals surface area contributed by atoms with Gasteiger partial charge in [-0.05, 0) is 36.1 Å². The fraction of sp³-hybridized carbons (Fsp3) is 0.133. The Morgan fingerprint density at radius 1 is 1.21 bits per heavy atom. The molecule has 1 N–H and O–H groups in total. The molecular weight excluding hydrogens is 343 g/mol. The molecular formula is C15H12F3N3O2S. The number of nitrogens with zero attached hydrogens (tertiary/aromatic N) is 2. The van der Waals surface area contributed by atoms with Crippen LogP contribution in [0.3, 0.4) is 0 Å². The molecule has 0 bridgehead atoms. The van der Waals surface area contributed by atoms with Crippen molar-refractivity contribution in [3.05, 3.63) is 63.7 Å². The van der Waals surface area contributed by atoms with E-state index in [0.29, 0.717) is 6.07 Å². The predicted octanol–water partition coefficient (Wildman–Crippen LogP) is 4.78. The lowest BCUT2D eigenvalue weighted by Gasteiger charge is -2.08. The van der Waals surface area contributed by atoms with Crippen LogP contribution < -0.4 is 5.43 Å². The molecule has 0 radical (unpaired) electrons. The van der Waals surface area contributed by atoms with Crippen molar-refractivity contribution in [3.63, 3.8) is 0 Å². The topological polar surface area (TPSA) is 67.5 Å². The van der Waals surface area contributed by atoms with Crippen molar-refractivity contribution in [1.29, 1.82) is 0 Å². The summed E-state index contributed by atoms with van der Waals surface area (Å²) in [5.74, 6) is 0. The van der Waals surface area contributed by atoms with Crippen LogP contribution in [0.1, 0.15) is 11.1 Å². The van der Waals surface area contributed by atoms with Crippen molar-refractivity contribution in [2.45, 2.75) is 11.1 Å². The number of benzene rings is 2. The van der Waals surface area contributed by atoms with Gasteiger partial charge in [-0.3, -0.25) is 15.5 Å². The highest BCUT2D eigenvalue weighted by molar-refractivity contribution is 7.98. The van der Waals surface area contributed by atoms with Crippen LogP contribution in [-0.4, -0.2) is 17.4 Å². The summed E-state index contributed by atoms with van der Waals surface area (Å²) >= 11 is 1.58. The lowest BCUT2D eigenvalue weighted by molar-refractivity contribution is -0.384. The van der Waals surface area contributed by atoms with Gasteiger partial charge >= 0.3 is 6.18 Å². The van der Waals surface area contributed by atoms with Crippen molar-refractivity contribution < 1.29 is 18.1 Å². The summed E-state index contributed by atoms with van der Waals surface area (Å²) in [4.78, 5) is 11.1. The summed E-state index contributed by atoms with van der Waals surface area (Å²) in [6.07, 6.45) is -1.29. The minimum atomic E-state index is -4.65. The molecule has 0 fully saturated rings. The first-order valence-corrected chi connectivity index (χ1v) is 7.82. The third kappa shape index (κ3) is 4.48. The Bertz CT molecular complexity index is 762. The summed E-state index contributed by atoms with van der Waals surface area (Å²) in [6, 6.07) is 9.59. The second-order valence-electron chi connectivity index (χ2n) is 4.63. The highest BCUT2D eigenvalue weighted by atomic mass is 32.2. The van der Waals surface area contributed by atoms with Crippen molar-refractivity contribution in [1.82, 2.24) is 0 Å². The maximum Gasteiger partial charge on any atom is 0.416 e. The Morgan fingerprint density at radius 2 is 1.88 bits per heavy atom. The van der Waals surface area contributed by atoms with E-state index in [1.54, 1.807) is 23.9 Å². The first-order chi connectivity index (χ1) is 11.3. The number of thioether (sulfide) groups is 1. The normalized spacial score (nSPS) is 11.7. The number of hydrogen-bond donors (Lipinski definition) is 1. The lowest BCUT2D eigenvalue weighted by atomic mass is 10.1. The van der Waals surface area contributed by atoms with Crippen LogP contribution in [0.2, 0.25) is 0 Å². The molecule has 0 heterocycles. The average molecular weight is 355 g/mol. The smallest absolute Gasteiger partial charge is 0.272 e. The van der Waals surface area contributed by atoms with Crippen LogP contribution in [0, 0.1) is 10.1 Å². The van der Waals surface area contributed by atoms with Gasteiger partial charge in [0.1, 0.15) is 5.69 Å². The van der Waals surface area contributed by atoms with E-state index < -0.39 is 22.4 Å². The molecule has 0 saturated heterocycles. The maximum atomic E-state index is 12.6. The van der Waals surface area contributed by atoms with Crippen LogP contribution in [0.4, 0.5) is 24.5 Å². The van der Waals surface area contributed by atoms with Gasteiger partial charge in [-0.1, -0.05) is 12.1 Å². The van der Waals surface area contributed by atoms with Gasteiger partial charge in [0.25, 0.3) is 5.69 Å². The van der Waals surface area contributed by atoms with Gasteiger partial charge in [-0.25, -0.2) is 0 Å². The first kappa shape index (κ1) is 17.8. The molecule has 0 aliphatic rings. The second-order valence-corrected chi connectivity index (χ2v) is 5.51. The molecule has 0 unspecified atom stereocenters. The third-order valence-corrected chi connectivity index (χ3v) is 3.78. The molecule has 0 spiro atoms. The Labute approximate surface area is 139 Å². The molecule has 5 nitrogen and oxygen atoms in total. The van der Waals surface area contributed by atoms with E-state index in [9.17, 15) is 23.3 Å². The SMILES string of the molecule is CSc1ccc(/C=N/Nc2ccc(C(F)(F)F)cc2[N+](=O)[O-])cc1. The zero-order valence-corrected chi connectivity index (χ0v) is 13.2. The Morgan fingerprint density at radius 3 is 2.42 bits per heavy atom. The number of hydrazone groups is 1. The van der Waals surface area contributed by atoms with E-state index in [2.05, 4.69) is 10.5 Å². The van der Waals surface area contributed by atoms with Crippen molar-refractivity contribution >= 4 is 29.4 Å². The van der Waals surface area contributed by atoms with Crippen LogP contribution in [0.15, 0.2) is 52.5 Å². The number of nitrogens with one attached hydrogen (secondary N) is 1. The van der Waals surface area contributed by atoms with Crippen LogP contribution >= 0.6 is 11.8 Å². The molecule has 0 aliphatic heterocycles. The number of nitro groups is 1. The van der Waals surface area contributed by atoms with Gasteiger partial charge in [-0.15, -0.1) is 11.8 Å². The van der Waals surface area contributed by atoms with E-state index in [1.807, 2.05) is 18.4 Å². The summed E-state index contributed by atoms with van der Waals surface area (Å²) in [7, 11) is 0.